The summed E-state index contributed by atoms with van der Waals surface area (Å²) in [5.74, 6) is 2.57. The molecule has 4 nitrogen and oxygen atoms in total. The predicted octanol–water partition coefficient (Wildman–Crippen LogP) is 0.881. The highest BCUT2D eigenvalue weighted by Crippen LogP contribution is 2.31. The Morgan fingerprint density at radius 1 is 1.35 bits per heavy atom. The molecule has 0 aromatic heterocycles. The first kappa shape index (κ1) is 12.4. The third kappa shape index (κ3) is 2.61. The number of para-hydroxylation sites is 1. The maximum Gasteiger partial charge on any atom is 0.191 e. The Balaban J connectivity index is 2.29. The molecule has 1 heterocycles. The first-order chi connectivity index (χ1) is 8.00. The normalized spacial score (nSPS) is 18.2. The fraction of sp³-hybridized carbons (Fsp3) is 0.417. The molecule has 0 fully saturated rings. The van der Waals surface area contributed by atoms with Crippen LogP contribution in [-0.4, -0.2) is 47.0 Å². The molecular weight excluding hydrogens is 236 g/mol. The van der Waals surface area contributed by atoms with Crippen LogP contribution in [0.25, 0.3) is 0 Å². The SMILES string of the molecule is CN(C)CCN1C[C]S(=O)(=O)c2ccccc21. The molecule has 17 heavy (non-hydrogen) atoms. The zero-order valence-electron chi connectivity index (χ0n) is 10.0. The van der Waals surface area contributed by atoms with Crippen LogP contribution in [0.5, 0.6) is 0 Å². The van der Waals surface area contributed by atoms with Gasteiger partial charge in [-0.1, -0.05) is 12.1 Å². The van der Waals surface area contributed by atoms with Crippen LogP contribution in [0, 0.1) is 5.75 Å². The Morgan fingerprint density at radius 3 is 2.76 bits per heavy atom. The summed E-state index contributed by atoms with van der Waals surface area (Å²) in [7, 11) is 0.681. The van der Waals surface area contributed by atoms with Crippen LogP contribution in [-0.2, 0) is 9.84 Å². The van der Waals surface area contributed by atoms with Gasteiger partial charge in [-0.25, -0.2) is 8.42 Å². The third-order valence-corrected chi connectivity index (χ3v) is 4.19. The Bertz CT molecular complexity index is 497. The van der Waals surface area contributed by atoms with Crippen molar-refractivity contribution < 1.29 is 8.42 Å². The molecule has 0 unspecified atom stereocenters. The number of sulfone groups is 1. The molecule has 1 aromatic carbocycles. The Kier molecular flexibility index (Phi) is 3.40. The van der Waals surface area contributed by atoms with E-state index in [4.69, 9.17) is 0 Å². The maximum atomic E-state index is 11.8. The van der Waals surface area contributed by atoms with Gasteiger partial charge < -0.3 is 9.80 Å². The molecular formula is C12H16N2O2S. The molecule has 1 aromatic rings. The van der Waals surface area contributed by atoms with E-state index in [1.54, 1.807) is 12.1 Å². The van der Waals surface area contributed by atoms with Gasteiger partial charge in [0.25, 0.3) is 0 Å². The molecule has 0 atom stereocenters. The van der Waals surface area contributed by atoms with Crippen LogP contribution in [0.4, 0.5) is 5.69 Å². The fourth-order valence-corrected chi connectivity index (χ4v) is 3.00. The summed E-state index contributed by atoms with van der Waals surface area (Å²) in [6.07, 6.45) is 0. The number of rotatable bonds is 3. The van der Waals surface area contributed by atoms with E-state index in [9.17, 15) is 8.42 Å². The summed E-state index contributed by atoms with van der Waals surface area (Å²) in [6, 6.07) is 7.10. The van der Waals surface area contributed by atoms with E-state index in [1.165, 1.54) is 0 Å². The molecule has 0 spiro atoms. The van der Waals surface area contributed by atoms with E-state index >= 15 is 0 Å². The largest absolute Gasteiger partial charge is 0.367 e. The van der Waals surface area contributed by atoms with Gasteiger partial charge in [0.1, 0.15) is 5.75 Å². The third-order valence-electron chi connectivity index (χ3n) is 2.76. The molecule has 92 valence electrons. The van der Waals surface area contributed by atoms with Crippen molar-refractivity contribution >= 4 is 15.5 Å². The highest BCUT2D eigenvalue weighted by Gasteiger charge is 2.28. The standard InChI is InChI=1S/C12H16N2O2S/c1-13(2)7-8-14-9-10-17(15,16)12-6-4-3-5-11(12)14/h3-6H,7-9H2,1-2H3. The van der Waals surface area contributed by atoms with E-state index in [-0.39, 0.29) is 0 Å². The van der Waals surface area contributed by atoms with Crippen molar-refractivity contribution in [3.63, 3.8) is 0 Å². The number of hydrogen-bond acceptors (Lipinski definition) is 4. The smallest absolute Gasteiger partial charge is 0.191 e. The number of hydrogen-bond donors (Lipinski definition) is 0. The summed E-state index contributed by atoms with van der Waals surface area (Å²) in [4.78, 5) is 4.48. The molecule has 0 aliphatic carbocycles. The van der Waals surface area contributed by atoms with Gasteiger partial charge in [-0.3, -0.25) is 0 Å². The number of nitrogens with zero attached hydrogens (tertiary/aromatic N) is 2. The van der Waals surface area contributed by atoms with Gasteiger partial charge in [0, 0.05) is 19.6 Å². The molecule has 2 radical (unpaired) electrons. The molecule has 0 bridgehead atoms. The van der Waals surface area contributed by atoms with Crippen molar-refractivity contribution in [2.45, 2.75) is 4.90 Å². The van der Waals surface area contributed by atoms with E-state index in [0.29, 0.717) is 11.4 Å². The second kappa shape index (κ2) is 4.66. The minimum Gasteiger partial charge on any atom is -0.367 e. The maximum absolute atomic E-state index is 11.8. The van der Waals surface area contributed by atoms with Crippen LogP contribution in [0.3, 0.4) is 0 Å². The molecule has 0 saturated carbocycles. The molecule has 0 N–H and O–H groups in total. The van der Waals surface area contributed by atoms with Crippen LogP contribution < -0.4 is 4.90 Å². The summed E-state index contributed by atoms with van der Waals surface area (Å²) in [5.41, 5.74) is 0.785. The van der Waals surface area contributed by atoms with Gasteiger partial charge in [-0.15, -0.1) is 0 Å². The monoisotopic (exact) mass is 252 g/mol. The van der Waals surface area contributed by atoms with E-state index < -0.39 is 9.84 Å². The first-order valence-electron chi connectivity index (χ1n) is 5.49. The molecule has 0 amide bonds. The van der Waals surface area contributed by atoms with Crippen molar-refractivity contribution in [2.75, 3.05) is 38.6 Å². The molecule has 1 aliphatic heterocycles. The predicted molar refractivity (Wildman–Crippen MR) is 67.6 cm³/mol. The second-order valence-electron chi connectivity index (χ2n) is 4.34. The highest BCUT2D eigenvalue weighted by molar-refractivity contribution is 7.93. The summed E-state index contributed by atoms with van der Waals surface area (Å²) in [5, 5.41) is 0. The molecule has 1 aliphatic rings. The van der Waals surface area contributed by atoms with E-state index in [2.05, 4.69) is 10.7 Å². The topological polar surface area (TPSA) is 40.6 Å². The van der Waals surface area contributed by atoms with Gasteiger partial charge in [-0.05, 0) is 26.2 Å². The molecule has 0 saturated heterocycles. The van der Waals surface area contributed by atoms with Crippen LogP contribution in [0.1, 0.15) is 0 Å². The zero-order chi connectivity index (χ0) is 12.5. The van der Waals surface area contributed by atoms with Gasteiger partial charge in [0.15, 0.2) is 9.84 Å². The lowest BCUT2D eigenvalue weighted by Gasteiger charge is -2.31. The Hall–Kier alpha value is -1.07. The minimum atomic E-state index is -3.32. The van der Waals surface area contributed by atoms with Crippen LogP contribution in [0.2, 0.25) is 0 Å². The van der Waals surface area contributed by atoms with Crippen molar-refractivity contribution in [1.82, 2.24) is 4.90 Å². The lowest BCUT2D eigenvalue weighted by Crippen LogP contribution is -2.37. The summed E-state index contributed by atoms with van der Waals surface area (Å²) >= 11 is 0. The Morgan fingerprint density at radius 2 is 2.06 bits per heavy atom. The van der Waals surface area contributed by atoms with Crippen molar-refractivity contribution in [3.05, 3.63) is 30.0 Å². The van der Waals surface area contributed by atoms with E-state index in [0.717, 1.165) is 18.8 Å². The van der Waals surface area contributed by atoms with Gasteiger partial charge in [0.05, 0.1) is 10.6 Å². The zero-order valence-corrected chi connectivity index (χ0v) is 10.9. The van der Waals surface area contributed by atoms with Crippen molar-refractivity contribution in [1.29, 1.82) is 0 Å². The van der Waals surface area contributed by atoms with Crippen molar-refractivity contribution in [3.8, 4) is 0 Å². The quantitative estimate of drug-likeness (QED) is 0.801. The number of anilines is 1. The molecule has 5 heteroatoms. The lowest BCUT2D eigenvalue weighted by atomic mass is 10.2. The minimum absolute atomic E-state index is 0.340. The number of benzene rings is 1. The summed E-state index contributed by atoms with van der Waals surface area (Å²) in [6.45, 7) is 2.02. The first-order valence-corrected chi connectivity index (χ1v) is 6.97. The highest BCUT2D eigenvalue weighted by atomic mass is 32.2. The van der Waals surface area contributed by atoms with Crippen LogP contribution >= 0.6 is 0 Å². The fourth-order valence-electron chi connectivity index (χ4n) is 1.79. The van der Waals surface area contributed by atoms with Gasteiger partial charge >= 0.3 is 0 Å². The Labute approximate surface area is 103 Å². The van der Waals surface area contributed by atoms with Gasteiger partial charge in [0.2, 0.25) is 0 Å². The second-order valence-corrected chi connectivity index (χ2v) is 6.08. The summed E-state index contributed by atoms with van der Waals surface area (Å²) < 4.78 is 23.6. The van der Waals surface area contributed by atoms with Crippen molar-refractivity contribution in [2.24, 2.45) is 0 Å². The average Bonchev–Trinajstić information content (AvgIpc) is 2.28. The lowest BCUT2D eigenvalue weighted by molar-refractivity contribution is 0.414. The van der Waals surface area contributed by atoms with Gasteiger partial charge in [-0.2, -0.15) is 0 Å². The number of fused-ring (bicyclic) bond motifs is 1. The van der Waals surface area contributed by atoms with Crippen LogP contribution in [0.15, 0.2) is 29.2 Å². The average molecular weight is 252 g/mol. The molecule has 2 rings (SSSR count). The van der Waals surface area contributed by atoms with E-state index in [1.807, 2.05) is 31.1 Å². The number of likely N-dealkylation sites (N-methyl/N-ethyl adjacent to an activating group) is 1.